The fourth-order valence-corrected chi connectivity index (χ4v) is 2.70. The van der Waals surface area contributed by atoms with Gasteiger partial charge in [-0.3, -0.25) is 9.98 Å². The maximum Gasteiger partial charge on any atom is 0.191 e. The maximum atomic E-state index is 4.68. The van der Waals surface area contributed by atoms with E-state index in [0.29, 0.717) is 0 Å². The molecule has 2 heterocycles. The fraction of sp³-hybridized carbons (Fsp3) is 0.647. The van der Waals surface area contributed by atoms with Crippen LogP contribution in [0.2, 0.25) is 0 Å². The molecule has 0 unspecified atom stereocenters. The lowest BCUT2D eigenvalue weighted by Gasteiger charge is -2.25. The predicted molar refractivity (Wildman–Crippen MR) is 108 cm³/mol. The van der Waals surface area contributed by atoms with Gasteiger partial charge in [-0.25, -0.2) is 0 Å². The monoisotopic (exact) mass is 431 g/mol. The average Bonchev–Trinajstić information content (AvgIpc) is 2.57. The van der Waals surface area contributed by atoms with Crippen molar-refractivity contribution >= 4 is 29.9 Å². The van der Waals surface area contributed by atoms with Crippen LogP contribution in [0.15, 0.2) is 29.5 Å². The van der Waals surface area contributed by atoms with Crippen LogP contribution < -0.4 is 10.6 Å². The van der Waals surface area contributed by atoms with Crippen LogP contribution in [-0.4, -0.2) is 55.1 Å². The van der Waals surface area contributed by atoms with Crippen molar-refractivity contribution < 1.29 is 0 Å². The van der Waals surface area contributed by atoms with Gasteiger partial charge in [0.05, 0.1) is 6.54 Å². The quantitative estimate of drug-likeness (QED) is 0.395. The molecule has 1 aliphatic rings. The van der Waals surface area contributed by atoms with Gasteiger partial charge in [-0.2, -0.15) is 0 Å². The zero-order chi connectivity index (χ0) is 15.5. The first kappa shape index (κ1) is 20.2. The second-order valence-corrected chi connectivity index (χ2v) is 5.70. The van der Waals surface area contributed by atoms with Gasteiger partial charge in [0.2, 0.25) is 0 Å². The SMILES string of the molecule is CCNC(=NCCN1CCCCC1)NCCc1cccnc1.I. The standard InChI is InChI=1S/C17H29N5.HI/c1-2-19-17(20-10-8-16-7-6-9-18-15-16)21-11-14-22-12-4-3-5-13-22;/h6-7,9,15H,2-5,8,10-14H2,1H3,(H2,19,20,21);1H. The van der Waals surface area contributed by atoms with Gasteiger partial charge in [-0.15, -0.1) is 24.0 Å². The van der Waals surface area contributed by atoms with E-state index in [4.69, 9.17) is 0 Å². The maximum absolute atomic E-state index is 4.68. The van der Waals surface area contributed by atoms with Crippen molar-refractivity contribution in [3.05, 3.63) is 30.1 Å². The summed E-state index contributed by atoms with van der Waals surface area (Å²) in [5, 5.41) is 6.71. The summed E-state index contributed by atoms with van der Waals surface area (Å²) >= 11 is 0. The molecule has 23 heavy (non-hydrogen) atoms. The lowest BCUT2D eigenvalue weighted by atomic mass is 10.1. The smallest absolute Gasteiger partial charge is 0.191 e. The third kappa shape index (κ3) is 8.50. The third-order valence-electron chi connectivity index (χ3n) is 3.91. The Bertz CT molecular complexity index is 432. The summed E-state index contributed by atoms with van der Waals surface area (Å²) in [7, 11) is 0. The van der Waals surface area contributed by atoms with E-state index >= 15 is 0 Å². The van der Waals surface area contributed by atoms with E-state index in [-0.39, 0.29) is 24.0 Å². The summed E-state index contributed by atoms with van der Waals surface area (Å²) < 4.78 is 0. The summed E-state index contributed by atoms with van der Waals surface area (Å²) in [5.41, 5.74) is 1.25. The first-order valence-electron chi connectivity index (χ1n) is 8.52. The molecule has 2 N–H and O–H groups in total. The van der Waals surface area contributed by atoms with Gasteiger partial charge in [0, 0.05) is 32.0 Å². The minimum atomic E-state index is 0. The molecule has 0 saturated carbocycles. The molecular weight excluding hydrogens is 401 g/mol. The first-order valence-corrected chi connectivity index (χ1v) is 8.52. The van der Waals surface area contributed by atoms with Crippen LogP contribution in [0.4, 0.5) is 0 Å². The van der Waals surface area contributed by atoms with Crippen molar-refractivity contribution in [1.29, 1.82) is 0 Å². The summed E-state index contributed by atoms with van der Waals surface area (Å²) in [6.07, 6.45) is 8.76. The van der Waals surface area contributed by atoms with Gasteiger partial charge in [-0.1, -0.05) is 12.5 Å². The summed E-state index contributed by atoms with van der Waals surface area (Å²) in [6, 6.07) is 4.09. The predicted octanol–water partition coefficient (Wildman–Crippen LogP) is 2.28. The van der Waals surface area contributed by atoms with Crippen molar-refractivity contribution in [3.8, 4) is 0 Å². The molecule has 5 nitrogen and oxygen atoms in total. The fourth-order valence-electron chi connectivity index (χ4n) is 2.70. The number of piperidine rings is 1. The highest BCUT2D eigenvalue weighted by Gasteiger charge is 2.08. The number of aromatic nitrogens is 1. The highest BCUT2D eigenvalue weighted by molar-refractivity contribution is 14.0. The Balaban J connectivity index is 0.00000264. The van der Waals surface area contributed by atoms with Gasteiger partial charge in [0.15, 0.2) is 5.96 Å². The number of hydrogen-bond acceptors (Lipinski definition) is 3. The van der Waals surface area contributed by atoms with Gasteiger partial charge >= 0.3 is 0 Å². The van der Waals surface area contributed by atoms with Crippen molar-refractivity contribution in [1.82, 2.24) is 20.5 Å². The molecule has 6 heteroatoms. The summed E-state index contributed by atoms with van der Waals surface area (Å²) in [6.45, 7) is 8.27. The van der Waals surface area contributed by atoms with E-state index in [1.54, 1.807) is 0 Å². The van der Waals surface area contributed by atoms with E-state index in [1.807, 2.05) is 18.5 Å². The molecule has 1 aromatic heterocycles. The lowest BCUT2D eigenvalue weighted by molar-refractivity contribution is 0.235. The van der Waals surface area contributed by atoms with Crippen LogP contribution in [0.5, 0.6) is 0 Å². The number of likely N-dealkylation sites (tertiary alicyclic amines) is 1. The Labute approximate surface area is 157 Å². The number of guanidine groups is 1. The van der Waals surface area contributed by atoms with Gasteiger partial charge in [0.1, 0.15) is 0 Å². The molecule has 0 aliphatic carbocycles. The molecule has 2 rings (SSSR count). The molecule has 1 fully saturated rings. The van der Waals surface area contributed by atoms with Crippen LogP contribution in [-0.2, 0) is 6.42 Å². The van der Waals surface area contributed by atoms with Crippen molar-refractivity contribution in [2.24, 2.45) is 4.99 Å². The van der Waals surface area contributed by atoms with Crippen LogP contribution in [0.25, 0.3) is 0 Å². The topological polar surface area (TPSA) is 52.6 Å². The van der Waals surface area contributed by atoms with Crippen LogP contribution in [0.1, 0.15) is 31.7 Å². The first-order chi connectivity index (χ1) is 10.9. The highest BCUT2D eigenvalue weighted by atomic mass is 127. The van der Waals surface area contributed by atoms with Crippen LogP contribution >= 0.6 is 24.0 Å². The molecular formula is C17H30IN5. The number of nitrogens with zero attached hydrogens (tertiary/aromatic N) is 3. The molecule has 0 spiro atoms. The third-order valence-corrected chi connectivity index (χ3v) is 3.91. The van der Waals surface area contributed by atoms with Crippen LogP contribution in [0.3, 0.4) is 0 Å². The Hall–Kier alpha value is -0.890. The van der Waals surface area contributed by atoms with E-state index in [9.17, 15) is 0 Å². The number of halogens is 1. The highest BCUT2D eigenvalue weighted by Crippen LogP contribution is 2.07. The number of rotatable bonds is 7. The molecule has 1 aliphatic heterocycles. The van der Waals surface area contributed by atoms with E-state index in [2.05, 4.69) is 38.5 Å². The van der Waals surface area contributed by atoms with E-state index in [1.165, 1.54) is 37.9 Å². The van der Waals surface area contributed by atoms with Gasteiger partial charge in [-0.05, 0) is 50.9 Å². The number of hydrogen-bond donors (Lipinski definition) is 2. The normalized spacial score (nSPS) is 15.8. The molecule has 0 radical (unpaired) electrons. The molecule has 1 aromatic rings. The number of pyridine rings is 1. The Morgan fingerprint density at radius 2 is 2.09 bits per heavy atom. The van der Waals surface area contributed by atoms with E-state index < -0.39 is 0 Å². The largest absolute Gasteiger partial charge is 0.357 e. The van der Waals surface area contributed by atoms with Crippen LogP contribution in [0, 0.1) is 0 Å². The lowest BCUT2D eigenvalue weighted by Crippen LogP contribution is -2.39. The zero-order valence-corrected chi connectivity index (χ0v) is 16.5. The molecule has 0 amide bonds. The zero-order valence-electron chi connectivity index (χ0n) is 14.1. The Morgan fingerprint density at radius 3 is 2.78 bits per heavy atom. The second-order valence-electron chi connectivity index (χ2n) is 5.70. The number of nitrogens with one attached hydrogen (secondary N) is 2. The van der Waals surface area contributed by atoms with Gasteiger partial charge < -0.3 is 15.5 Å². The van der Waals surface area contributed by atoms with Gasteiger partial charge in [0.25, 0.3) is 0 Å². The number of aliphatic imine (C=N–C) groups is 1. The summed E-state index contributed by atoms with van der Waals surface area (Å²) in [5.74, 6) is 0.920. The molecule has 0 atom stereocenters. The summed E-state index contributed by atoms with van der Waals surface area (Å²) in [4.78, 5) is 11.3. The Kier molecular flexibility index (Phi) is 11.0. The molecule has 0 aromatic carbocycles. The average molecular weight is 431 g/mol. The van der Waals surface area contributed by atoms with Crippen molar-refractivity contribution in [2.75, 3.05) is 39.3 Å². The second kappa shape index (κ2) is 12.5. The Morgan fingerprint density at radius 1 is 1.26 bits per heavy atom. The molecule has 0 bridgehead atoms. The van der Waals surface area contributed by atoms with Crippen molar-refractivity contribution in [3.63, 3.8) is 0 Å². The molecule has 130 valence electrons. The van der Waals surface area contributed by atoms with Crippen molar-refractivity contribution in [2.45, 2.75) is 32.6 Å². The minimum absolute atomic E-state index is 0. The van der Waals surface area contributed by atoms with E-state index in [0.717, 1.165) is 38.6 Å². The minimum Gasteiger partial charge on any atom is -0.357 e. The molecule has 1 saturated heterocycles.